The highest BCUT2D eigenvalue weighted by atomic mass is 16.5. The quantitative estimate of drug-likeness (QED) is 0.876. The molecule has 0 aromatic heterocycles. The van der Waals surface area contributed by atoms with E-state index in [4.69, 9.17) is 9.84 Å². The maximum absolute atomic E-state index is 10.9. The number of aryl methyl sites for hydroxylation is 3. The Morgan fingerprint density at radius 2 is 1.86 bits per heavy atom. The molecule has 0 atom stereocenters. The van der Waals surface area contributed by atoms with Gasteiger partial charge in [-0.1, -0.05) is 19.1 Å². The van der Waals surface area contributed by atoms with Crippen molar-refractivity contribution in [3.05, 3.63) is 52.6 Å². The Kier molecular flexibility index (Phi) is 4.71. The maximum Gasteiger partial charge on any atom is 0.307 e. The van der Waals surface area contributed by atoms with E-state index in [9.17, 15) is 9.90 Å². The molecule has 116 valence electrons. The maximum atomic E-state index is 10.9. The van der Waals surface area contributed by atoms with Crippen LogP contribution in [-0.4, -0.2) is 16.2 Å². The highest BCUT2D eigenvalue weighted by molar-refractivity contribution is 5.70. The number of phenolic OH excluding ortho intramolecular Hbond substituents is 1. The molecule has 0 saturated heterocycles. The second-order valence-electron chi connectivity index (χ2n) is 5.38. The number of hydrogen-bond donors (Lipinski definition) is 2. The molecule has 22 heavy (non-hydrogen) atoms. The van der Waals surface area contributed by atoms with Crippen LogP contribution in [0.4, 0.5) is 0 Å². The van der Waals surface area contributed by atoms with Crippen molar-refractivity contribution in [2.45, 2.75) is 33.6 Å². The van der Waals surface area contributed by atoms with Crippen molar-refractivity contribution in [1.29, 1.82) is 0 Å². The summed E-state index contributed by atoms with van der Waals surface area (Å²) in [6.45, 7) is 5.73. The first kappa shape index (κ1) is 15.9. The van der Waals surface area contributed by atoms with Gasteiger partial charge >= 0.3 is 5.97 Å². The Bertz CT molecular complexity index is 704. The second-order valence-corrected chi connectivity index (χ2v) is 5.38. The summed E-state index contributed by atoms with van der Waals surface area (Å²) in [5.41, 5.74) is 3.40. The topological polar surface area (TPSA) is 66.8 Å². The summed E-state index contributed by atoms with van der Waals surface area (Å²) < 4.78 is 5.97. The van der Waals surface area contributed by atoms with Gasteiger partial charge in [-0.05, 0) is 60.7 Å². The summed E-state index contributed by atoms with van der Waals surface area (Å²) in [4.78, 5) is 10.9. The fraction of sp³-hybridized carbons (Fsp3) is 0.278. The first-order chi connectivity index (χ1) is 10.4. The zero-order chi connectivity index (χ0) is 16.3. The van der Waals surface area contributed by atoms with E-state index in [0.717, 1.165) is 34.4 Å². The summed E-state index contributed by atoms with van der Waals surface area (Å²) >= 11 is 0. The highest BCUT2D eigenvalue weighted by Crippen LogP contribution is 2.32. The Morgan fingerprint density at radius 1 is 1.14 bits per heavy atom. The lowest BCUT2D eigenvalue weighted by molar-refractivity contribution is -0.136. The number of aliphatic carboxylic acids is 1. The third-order valence-corrected chi connectivity index (χ3v) is 3.54. The number of carboxylic acids is 1. The predicted molar refractivity (Wildman–Crippen MR) is 84.8 cm³/mol. The number of benzene rings is 2. The number of ether oxygens (including phenoxy) is 1. The average molecular weight is 300 g/mol. The molecule has 2 rings (SSSR count). The smallest absolute Gasteiger partial charge is 0.307 e. The normalized spacial score (nSPS) is 10.5. The Labute approximate surface area is 130 Å². The molecule has 0 saturated carbocycles. The van der Waals surface area contributed by atoms with Gasteiger partial charge in [-0.25, -0.2) is 0 Å². The van der Waals surface area contributed by atoms with Gasteiger partial charge in [0.25, 0.3) is 0 Å². The van der Waals surface area contributed by atoms with Crippen LogP contribution in [0, 0.1) is 13.8 Å². The van der Waals surface area contributed by atoms with Crippen LogP contribution in [0.1, 0.15) is 29.2 Å². The molecular formula is C18H20O4. The number of carbonyl (C=O) groups is 1. The van der Waals surface area contributed by atoms with Gasteiger partial charge in [0.15, 0.2) is 0 Å². The molecule has 0 amide bonds. The van der Waals surface area contributed by atoms with E-state index in [2.05, 4.69) is 0 Å². The van der Waals surface area contributed by atoms with Crippen LogP contribution in [-0.2, 0) is 17.6 Å². The van der Waals surface area contributed by atoms with E-state index < -0.39 is 5.97 Å². The van der Waals surface area contributed by atoms with Crippen LogP contribution in [0.2, 0.25) is 0 Å². The van der Waals surface area contributed by atoms with Gasteiger partial charge in [-0.3, -0.25) is 4.79 Å². The molecule has 2 aromatic rings. The summed E-state index contributed by atoms with van der Waals surface area (Å²) in [5, 5.41) is 18.5. The van der Waals surface area contributed by atoms with E-state index in [1.807, 2.05) is 32.9 Å². The van der Waals surface area contributed by atoms with Gasteiger partial charge < -0.3 is 14.9 Å². The molecule has 0 fully saturated rings. The van der Waals surface area contributed by atoms with Crippen LogP contribution in [0.5, 0.6) is 17.2 Å². The lowest BCUT2D eigenvalue weighted by Gasteiger charge is -2.15. The van der Waals surface area contributed by atoms with Crippen LogP contribution >= 0.6 is 0 Å². The van der Waals surface area contributed by atoms with Crippen molar-refractivity contribution in [3.8, 4) is 17.2 Å². The fourth-order valence-corrected chi connectivity index (χ4v) is 2.42. The molecule has 0 spiro atoms. The Morgan fingerprint density at radius 3 is 2.45 bits per heavy atom. The van der Waals surface area contributed by atoms with E-state index in [1.54, 1.807) is 18.2 Å². The summed E-state index contributed by atoms with van der Waals surface area (Å²) in [5.74, 6) is 0.793. The second kappa shape index (κ2) is 6.52. The molecule has 0 aliphatic rings. The molecule has 4 heteroatoms. The zero-order valence-electron chi connectivity index (χ0n) is 13.0. The van der Waals surface area contributed by atoms with E-state index in [0.29, 0.717) is 5.75 Å². The highest BCUT2D eigenvalue weighted by Gasteiger charge is 2.12. The molecule has 4 nitrogen and oxygen atoms in total. The summed E-state index contributed by atoms with van der Waals surface area (Å²) in [7, 11) is 0. The van der Waals surface area contributed by atoms with Crippen molar-refractivity contribution in [2.24, 2.45) is 0 Å². The summed E-state index contributed by atoms with van der Waals surface area (Å²) in [6, 6.07) is 8.82. The third-order valence-electron chi connectivity index (χ3n) is 3.54. The van der Waals surface area contributed by atoms with Crippen molar-refractivity contribution in [2.75, 3.05) is 0 Å². The van der Waals surface area contributed by atoms with Crippen LogP contribution < -0.4 is 4.74 Å². The number of hydrogen-bond acceptors (Lipinski definition) is 3. The Hall–Kier alpha value is -2.49. The molecule has 2 N–H and O–H groups in total. The number of aromatic hydroxyl groups is 1. The number of carboxylic acid groups (broad SMARTS) is 1. The molecular weight excluding hydrogens is 280 g/mol. The van der Waals surface area contributed by atoms with Gasteiger partial charge in [0.1, 0.15) is 17.2 Å². The fourth-order valence-electron chi connectivity index (χ4n) is 2.42. The van der Waals surface area contributed by atoms with Crippen LogP contribution in [0.25, 0.3) is 0 Å². The molecule has 0 aliphatic carbocycles. The van der Waals surface area contributed by atoms with E-state index in [-0.39, 0.29) is 12.2 Å². The van der Waals surface area contributed by atoms with Gasteiger partial charge in [0.2, 0.25) is 0 Å². The van der Waals surface area contributed by atoms with Gasteiger partial charge in [0, 0.05) is 0 Å². The van der Waals surface area contributed by atoms with Crippen molar-refractivity contribution in [3.63, 3.8) is 0 Å². The first-order valence-corrected chi connectivity index (χ1v) is 7.22. The lowest BCUT2D eigenvalue weighted by atomic mass is 10.0. The minimum Gasteiger partial charge on any atom is -0.508 e. The molecule has 0 heterocycles. The minimum absolute atomic E-state index is 0.00639. The Balaban J connectivity index is 2.37. The molecule has 0 bridgehead atoms. The SMILES string of the molecule is CCc1cc(CC(=O)O)cc(C)c1Oc1ccc(O)c(C)c1. The van der Waals surface area contributed by atoms with E-state index in [1.165, 1.54) is 0 Å². The third kappa shape index (κ3) is 3.58. The van der Waals surface area contributed by atoms with Gasteiger partial charge in [-0.15, -0.1) is 0 Å². The van der Waals surface area contributed by atoms with Gasteiger partial charge in [0.05, 0.1) is 6.42 Å². The average Bonchev–Trinajstić information content (AvgIpc) is 2.44. The summed E-state index contributed by atoms with van der Waals surface area (Å²) in [6.07, 6.45) is 0.757. The standard InChI is InChI=1S/C18H20O4/c1-4-14-9-13(10-17(20)21)7-12(3)18(14)22-15-5-6-16(19)11(2)8-15/h5-9,19H,4,10H2,1-3H3,(H,20,21). The molecule has 0 unspecified atom stereocenters. The zero-order valence-corrected chi connectivity index (χ0v) is 13.0. The number of rotatable bonds is 5. The van der Waals surface area contributed by atoms with Crippen molar-refractivity contribution >= 4 is 5.97 Å². The van der Waals surface area contributed by atoms with Crippen molar-refractivity contribution < 1.29 is 19.7 Å². The first-order valence-electron chi connectivity index (χ1n) is 7.22. The minimum atomic E-state index is -0.843. The van der Waals surface area contributed by atoms with Gasteiger partial charge in [-0.2, -0.15) is 0 Å². The van der Waals surface area contributed by atoms with Crippen LogP contribution in [0.3, 0.4) is 0 Å². The van der Waals surface area contributed by atoms with Crippen molar-refractivity contribution in [1.82, 2.24) is 0 Å². The number of phenols is 1. The largest absolute Gasteiger partial charge is 0.508 e. The van der Waals surface area contributed by atoms with Crippen LogP contribution in [0.15, 0.2) is 30.3 Å². The van der Waals surface area contributed by atoms with E-state index >= 15 is 0 Å². The monoisotopic (exact) mass is 300 g/mol. The predicted octanol–water partition coefficient (Wildman–Crippen LogP) is 3.99. The molecule has 0 aliphatic heterocycles. The molecule has 0 radical (unpaired) electrons. The molecule has 2 aromatic carbocycles. The lowest BCUT2D eigenvalue weighted by Crippen LogP contribution is -2.03.